The number of benzene rings is 3. The number of piperidine rings is 1. The van der Waals surface area contributed by atoms with Crippen molar-refractivity contribution in [2.45, 2.75) is 63.3 Å². The van der Waals surface area contributed by atoms with Gasteiger partial charge in [0.05, 0.1) is 5.92 Å². The Morgan fingerprint density at radius 2 is 1.54 bits per heavy atom. The lowest BCUT2D eigenvalue weighted by molar-refractivity contribution is -0.131. The molecule has 0 bridgehead atoms. The van der Waals surface area contributed by atoms with Crippen LogP contribution in [0.1, 0.15) is 73.1 Å². The summed E-state index contributed by atoms with van der Waals surface area (Å²) in [4.78, 5) is 30.1. The summed E-state index contributed by atoms with van der Waals surface area (Å²) >= 11 is 3.56. The summed E-state index contributed by atoms with van der Waals surface area (Å²) < 4.78 is 0.890. The fourth-order valence-corrected chi connectivity index (χ4v) is 7.17. The SMILES string of the molecule is N=C(N)c1ccc(CC(C(=O)N[C@H](C(=O)NCC2CCN(C(=N)c3ccccc3)CC2)C2CCCCC2)c2cccc(Br)c2)cc1. The lowest BCUT2D eigenvalue weighted by Crippen LogP contribution is -2.53. The molecule has 3 aromatic rings. The lowest BCUT2D eigenvalue weighted by atomic mass is 9.82. The predicted octanol–water partition coefficient (Wildman–Crippen LogP) is 5.98. The molecule has 46 heavy (non-hydrogen) atoms. The number of nitrogens with zero attached hydrogens (tertiary/aromatic N) is 1. The van der Waals surface area contributed by atoms with Gasteiger partial charge in [-0.2, -0.15) is 0 Å². The van der Waals surface area contributed by atoms with E-state index in [4.69, 9.17) is 16.6 Å². The van der Waals surface area contributed by atoms with Crippen molar-refractivity contribution in [3.63, 3.8) is 0 Å². The number of nitrogens with two attached hydrogens (primary N) is 1. The molecule has 0 spiro atoms. The first kappa shape index (κ1) is 33.4. The lowest BCUT2D eigenvalue weighted by Gasteiger charge is -2.35. The number of hydrogen-bond acceptors (Lipinski definition) is 4. The zero-order valence-corrected chi connectivity index (χ0v) is 27.9. The minimum absolute atomic E-state index is 0.00591. The molecule has 2 fully saturated rings. The van der Waals surface area contributed by atoms with Gasteiger partial charge in [-0.05, 0) is 67.2 Å². The van der Waals surface area contributed by atoms with Crippen molar-refractivity contribution < 1.29 is 9.59 Å². The van der Waals surface area contributed by atoms with Gasteiger partial charge in [-0.25, -0.2) is 0 Å². The van der Waals surface area contributed by atoms with E-state index in [0.717, 1.165) is 79.2 Å². The first-order valence-electron chi connectivity index (χ1n) is 16.4. The molecule has 1 aliphatic carbocycles. The standard InChI is InChI=1S/C37H45BrN6O2/c38-31-13-7-12-30(23-31)32(22-25-14-16-28(17-15-25)34(39)40)36(45)43-33(27-8-3-1-4-9-27)37(46)42-24-26-18-20-44(21-19-26)35(41)29-10-5-2-6-11-29/h2,5-7,10-17,23,26-27,32-33,41H,1,3-4,8-9,18-22,24H2,(H3,39,40)(H,42,46)(H,43,45)/t32?,33-/m0/s1. The molecule has 1 unspecified atom stereocenters. The number of amides is 2. The molecule has 9 heteroatoms. The summed E-state index contributed by atoms with van der Waals surface area (Å²) in [5.74, 6) is 0.238. The number of rotatable bonds is 11. The van der Waals surface area contributed by atoms with Crippen LogP contribution in [0, 0.1) is 22.7 Å². The number of likely N-dealkylation sites (tertiary alicyclic amines) is 1. The van der Waals surface area contributed by atoms with Crippen molar-refractivity contribution >= 4 is 39.4 Å². The molecule has 1 saturated carbocycles. The molecule has 6 N–H and O–H groups in total. The highest BCUT2D eigenvalue weighted by atomic mass is 79.9. The maximum absolute atomic E-state index is 14.1. The minimum Gasteiger partial charge on any atom is -0.384 e. The average Bonchev–Trinajstić information content (AvgIpc) is 3.09. The summed E-state index contributed by atoms with van der Waals surface area (Å²) in [7, 11) is 0. The Morgan fingerprint density at radius 1 is 0.848 bits per heavy atom. The zero-order valence-electron chi connectivity index (χ0n) is 26.3. The van der Waals surface area contributed by atoms with E-state index in [2.05, 4.69) is 31.5 Å². The summed E-state index contributed by atoms with van der Waals surface area (Å²) in [5.41, 5.74) is 9.05. The Labute approximate surface area is 280 Å². The van der Waals surface area contributed by atoms with Gasteiger partial charge < -0.3 is 21.3 Å². The Kier molecular flexibility index (Phi) is 11.6. The monoisotopic (exact) mass is 684 g/mol. The zero-order chi connectivity index (χ0) is 32.5. The molecule has 1 saturated heterocycles. The van der Waals surface area contributed by atoms with Gasteiger partial charge in [-0.1, -0.05) is 102 Å². The first-order chi connectivity index (χ1) is 22.3. The van der Waals surface area contributed by atoms with Gasteiger partial charge in [0.1, 0.15) is 17.7 Å². The second-order valence-corrected chi connectivity index (χ2v) is 13.6. The summed E-state index contributed by atoms with van der Waals surface area (Å²) in [6.45, 7) is 2.15. The van der Waals surface area contributed by atoms with E-state index in [1.165, 1.54) is 0 Å². The molecule has 8 nitrogen and oxygen atoms in total. The number of hydrogen-bond donors (Lipinski definition) is 5. The third-order valence-corrected chi connectivity index (χ3v) is 10.0. The van der Waals surface area contributed by atoms with Crippen LogP contribution in [0.5, 0.6) is 0 Å². The Balaban J connectivity index is 1.25. The maximum atomic E-state index is 14.1. The molecule has 1 aliphatic heterocycles. The predicted molar refractivity (Wildman–Crippen MR) is 187 cm³/mol. The Morgan fingerprint density at radius 3 is 2.20 bits per heavy atom. The maximum Gasteiger partial charge on any atom is 0.242 e. The summed E-state index contributed by atoms with van der Waals surface area (Å²) in [6, 6.07) is 24.5. The highest BCUT2D eigenvalue weighted by molar-refractivity contribution is 9.10. The van der Waals surface area contributed by atoms with Crippen molar-refractivity contribution in [2.24, 2.45) is 17.6 Å². The van der Waals surface area contributed by atoms with Crippen LogP contribution in [0.3, 0.4) is 0 Å². The van der Waals surface area contributed by atoms with Gasteiger partial charge in [-0.15, -0.1) is 0 Å². The van der Waals surface area contributed by atoms with E-state index >= 15 is 0 Å². The summed E-state index contributed by atoms with van der Waals surface area (Å²) in [6.07, 6.45) is 7.40. The molecule has 0 aromatic heterocycles. The molecule has 1 heterocycles. The molecule has 5 rings (SSSR count). The van der Waals surface area contributed by atoms with Crippen LogP contribution < -0.4 is 16.4 Å². The topological polar surface area (TPSA) is 135 Å². The number of halogens is 1. The van der Waals surface area contributed by atoms with Crippen molar-refractivity contribution in [2.75, 3.05) is 19.6 Å². The van der Waals surface area contributed by atoms with Gasteiger partial charge in [0, 0.05) is 35.2 Å². The van der Waals surface area contributed by atoms with E-state index in [0.29, 0.717) is 30.3 Å². The van der Waals surface area contributed by atoms with Crippen molar-refractivity contribution in [3.05, 3.63) is 106 Å². The van der Waals surface area contributed by atoms with Gasteiger partial charge in [-0.3, -0.25) is 20.4 Å². The Bertz CT molecular complexity index is 1500. The molecule has 242 valence electrons. The van der Waals surface area contributed by atoms with Gasteiger partial charge in [0.2, 0.25) is 11.8 Å². The second-order valence-electron chi connectivity index (χ2n) is 12.7. The second kappa shape index (κ2) is 16.0. The average molecular weight is 686 g/mol. The number of carbonyl (C=O) groups excluding carboxylic acids is 2. The number of amidine groups is 2. The first-order valence-corrected chi connectivity index (χ1v) is 17.2. The molecule has 2 aliphatic rings. The molecular weight excluding hydrogens is 640 g/mol. The van der Waals surface area contributed by atoms with Crippen LogP contribution in [-0.2, 0) is 16.0 Å². The molecule has 0 radical (unpaired) electrons. The summed E-state index contributed by atoms with van der Waals surface area (Å²) in [5, 5.41) is 22.8. The van der Waals surface area contributed by atoms with Gasteiger partial charge in [0.25, 0.3) is 0 Å². The number of nitrogens with one attached hydrogen (secondary N) is 4. The largest absolute Gasteiger partial charge is 0.384 e. The number of carbonyl (C=O) groups is 2. The minimum atomic E-state index is -0.589. The van der Waals surface area contributed by atoms with Gasteiger partial charge in [0.15, 0.2) is 0 Å². The van der Waals surface area contributed by atoms with Gasteiger partial charge >= 0.3 is 0 Å². The number of nitrogen functional groups attached to an aromatic ring is 1. The normalized spacial score (nSPS) is 17.1. The molecule has 2 amide bonds. The van der Waals surface area contributed by atoms with E-state index < -0.39 is 12.0 Å². The van der Waals surface area contributed by atoms with Crippen molar-refractivity contribution in [1.82, 2.24) is 15.5 Å². The fraction of sp³-hybridized carbons (Fsp3) is 0.405. The van der Waals surface area contributed by atoms with E-state index in [1.54, 1.807) is 12.1 Å². The van der Waals surface area contributed by atoms with Crippen LogP contribution in [0.15, 0.2) is 83.3 Å². The van der Waals surface area contributed by atoms with Crippen molar-refractivity contribution in [3.8, 4) is 0 Å². The van der Waals surface area contributed by atoms with Crippen LogP contribution in [-0.4, -0.2) is 54.1 Å². The molecule has 2 atom stereocenters. The van der Waals surface area contributed by atoms with Crippen LogP contribution in [0.4, 0.5) is 0 Å². The van der Waals surface area contributed by atoms with E-state index in [9.17, 15) is 9.59 Å². The molecule has 3 aromatic carbocycles. The van der Waals surface area contributed by atoms with E-state index in [1.807, 2.05) is 66.7 Å². The highest BCUT2D eigenvalue weighted by Crippen LogP contribution is 2.29. The fourth-order valence-electron chi connectivity index (χ4n) is 6.75. The van der Waals surface area contributed by atoms with E-state index in [-0.39, 0.29) is 23.6 Å². The third kappa shape index (κ3) is 8.84. The molecular formula is C37H45BrN6O2. The van der Waals surface area contributed by atoms with Crippen LogP contribution >= 0.6 is 15.9 Å². The quantitative estimate of drug-likeness (QED) is 0.125. The van der Waals surface area contributed by atoms with Crippen LogP contribution in [0.2, 0.25) is 0 Å². The Hall–Kier alpha value is -3.98. The van der Waals surface area contributed by atoms with Crippen LogP contribution in [0.25, 0.3) is 0 Å². The smallest absolute Gasteiger partial charge is 0.242 e. The third-order valence-electron chi connectivity index (χ3n) is 9.52. The highest BCUT2D eigenvalue weighted by Gasteiger charge is 2.34. The van der Waals surface area contributed by atoms with Crippen molar-refractivity contribution in [1.29, 1.82) is 10.8 Å².